The maximum Gasteiger partial charge on any atom is 0.355 e. The Kier molecular flexibility index (Phi) is 5.21. The summed E-state index contributed by atoms with van der Waals surface area (Å²) in [4.78, 5) is 26.3. The summed E-state index contributed by atoms with van der Waals surface area (Å²) in [7, 11) is 1.52. The SMILES string of the molecule is COc1ccc(C)cc1NC(=O)COC(=O)c1cc(Br)c[nH]1. The Bertz CT molecular complexity index is 697. The summed E-state index contributed by atoms with van der Waals surface area (Å²) in [6.45, 7) is 1.52. The van der Waals surface area contributed by atoms with Gasteiger partial charge >= 0.3 is 5.97 Å². The van der Waals surface area contributed by atoms with E-state index in [2.05, 4.69) is 26.2 Å². The molecule has 1 heterocycles. The van der Waals surface area contributed by atoms with Crippen LogP contribution in [0.4, 0.5) is 5.69 Å². The minimum Gasteiger partial charge on any atom is -0.495 e. The number of aryl methyl sites for hydroxylation is 1. The summed E-state index contributed by atoms with van der Waals surface area (Å²) < 4.78 is 10.8. The van der Waals surface area contributed by atoms with Crippen molar-refractivity contribution >= 4 is 33.5 Å². The highest BCUT2D eigenvalue weighted by molar-refractivity contribution is 9.10. The fourth-order valence-electron chi connectivity index (χ4n) is 1.80. The number of carbonyl (C=O) groups is 2. The second-order valence-corrected chi connectivity index (χ2v) is 5.48. The largest absolute Gasteiger partial charge is 0.495 e. The lowest BCUT2D eigenvalue weighted by atomic mass is 10.2. The number of benzene rings is 1. The Morgan fingerprint density at radius 1 is 1.32 bits per heavy atom. The molecule has 0 spiro atoms. The van der Waals surface area contributed by atoms with Crippen LogP contribution in [0.1, 0.15) is 16.1 Å². The first kappa shape index (κ1) is 16.1. The molecule has 0 atom stereocenters. The smallest absolute Gasteiger partial charge is 0.355 e. The predicted octanol–water partition coefficient (Wildman–Crippen LogP) is 2.89. The molecule has 2 N–H and O–H groups in total. The number of carbonyl (C=O) groups excluding carboxylic acids is 2. The molecule has 0 radical (unpaired) electrons. The zero-order valence-electron chi connectivity index (χ0n) is 12.1. The molecule has 0 saturated carbocycles. The maximum absolute atomic E-state index is 11.9. The molecule has 0 saturated heterocycles. The van der Waals surface area contributed by atoms with Gasteiger partial charge in [-0.1, -0.05) is 6.07 Å². The third-order valence-corrected chi connectivity index (χ3v) is 3.29. The molecule has 0 aliphatic carbocycles. The highest BCUT2D eigenvalue weighted by atomic mass is 79.9. The van der Waals surface area contributed by atoms with Crippen molar-refractivity contribution < 1.29 is 19.1 Å². The number of nitrogens with one attached hydrogen (secondary N) is 2. The van der Waals surface area contributed by atoms with Crippen LogP contribution in [0, 0.1) is 6.92 Å². The van der Waals surface area contributed by atoms with E-state index in [1.165, 1.54) is 7.11 Å². The van der Waals surface area contributed by atoms with Gasteiger partial charge in [0.2, 0.25) is 0 Å². The molecule has 116 valence electrons. The van der Waals surface area contributed by atoms with Crippen molar-refractivity contribution in [3.05, 3.63) is 46.2 Å². The third kappa shape index (κ3) is 4.11. The van der Waals surface area contributed by atoms with Crippen LogP contribution in [0.2, 0.25) is 0 Å². The number of hydrogen-bond donors (Lipinski definition) is 2. The number of halogens is 1. The van der Waals surface area contributed by atoms with Gasteiger partial charge in [0.05, 0.1) is 12.8 Å². The molecule has 7 heteroatoms. The van der Waals surface area contributed by atoms with Crippen molar-refractivity contribution in [3.63, 3.8) is 0 Å². The van der Waals surface area contributed by atoms with Crippen molar-refractivity contribution in [2.45, 2.75) is 6.92 Å². The number of ether oxygens (including phenoxy) is 2. The minimum atomic E-state index is -0.600. The standard InChI is InChI=1S/C15H15BrN2O4/c1-9-3-4-13(21-2)11(5-9)18-14(19)8-22-15(20)12-6-10(16)7-17-12/h3-7,17H,8H2,1-2H3,(H,18,19). The number of H-pyrrole nitrogens is 1. The van der Waals surface area contributed by atoms with Crippen LogP contribution in [0.15, 0.2) is 34.9 Å². The van der Waals surface area contributed by atoms with Gasteiger partial charge in [-0.25, -0.2) is 4.79 Å². The number of anilines is 1. The fraction of sp³-hybridized carbons (Fsp3) is 0.200. The van der Waals surface area contributed by atoms with Gasteiger partial charge in [-0.05, 0) is 46.6 Å². The second kappa shape index (κ2) is 7.13. The molecular formula is C15H15BrN2O4. The summed E-state index contributed by atoms with van der Waals surface area (Å²) >= 11 is 3.22. The van der Waals surface area contributed by atoms with E-state index in [-0.39, 0.29) is 12.3 Å². The van der Waals surface area contributed by atoms with E-state index in [4.69, 9.17) is 9.47 Å². The van der Waals surface area contributed by atoms with Gasteiger partial charge in [-0.3, -0.25) is 4.79 Å². The number of aromatic nitrogens is 1. The van der Waals surface area contributed by atoms with Crippen LogP contribution in [-0.4, -0.2) is 30.6 Å². The molecule has 1 aromatic heterocycles. The van der Waals surface area contributed by atoms with Gasteiger partial charge in [0, 0.05) is 10.7 Å². The molecule has 0 aliphatic rings. The van der Waals surface area contributed by atoms with Gasteiger partial charge in [0.15, 0.2) is 6.61 Å². The topological polar surface area (TPSA) is 80.4 Å². The first-order valence-electron chi connectivity index (χ1n) is 6.45. The zero-order chi connectivity index (χ0) is 16.1. The van der Waals surface area contributed by atoms with Crippen molar-refractivity contribution in [2.75, 3.05) is 19.0 Å². The molecule has 0 unspecified atom stereocenters. The summed E-state index contributed by atoms with van der Waals surface area (Å²) in [6, 6.07) is 6.98. The van der Waals surface area contributed by atoms with Gasteiger partial charge < -0.3 is 19.8 Å². The lowest BCUT2D eigenvalue weighted by Crippen LogP contribution is -2.21. The number of aromatic amines is 1. The lowest BCUT2D eigenvalue weighted by Gasteiger charge is -2.11. The normalized spacial score (nSPS) is 10.1. The number of esters is 1. The average molecular weight is 367 g/mol. The van der Waals surface area contributed by atoms with Crippen molar-refractivity contribution in [1.29, 1.82) is 0 Å². The first-order valence-corrected chi connectivity index (χ1v) is 7.24. The number of hydrogen-bond acceptors (Lipinski definition) is 4. The molecule has 1 amide bonds. The Morgan fingerprint density at radius 3 is 2.73 bits per heavy atom. The Hall–Kier alpha value is -2.28. The highest BCUT2D eigenvalue weighted by Crippen LogP contribution is 2.25. The van der Waals surface area contributed by atoms with E-state index in [0.29, 0.717) is 11.4 Å². The van der Waals surface area contributed by atoms with E-state index in [1.54, 1.807) is 24.4 Å². The average Bonchev–Trinajstić information content (AvgIpc) is 2.92. The Balaban J connectivity index is 1.93. The monoisotopic (exact) mass is 366 g/mol. The van der Waals surface area contributed by atoms with E-state index < -0.39 is 11.9 Å². The highest BCUT2D eigenvalue weighted by Gasteiger charge is 2.13. The lowest BCUT2D eigenvalue weighted by molar-refractivity contribution is -0.119. The minimum absolute atomic E-state index is 0.271. The summed E-state index contributed by atoms with van der Waals surface area (Å²) in [6.07, 6.45) is 1.61. The molecule has 0 aliphatic heterocycles. The van der Waals surface area contributed by atoms with E-state index in [0.717, 1.165) is 10.0 Å². The van der Waals surface area contributed by atoms with Crippen LogP contribution in [-0.2, 0) is 9.53 Å². The molecule has 22 heavy (non-hydrogen) atoms. The maximum atomic E-state index is 11.9. The van der Waals surface area contributed by atoms with Crippen LogP contribution in [0.25, 0.3) is 0 Å². The Morgan fingerprint density at radius 2 is 2.09 bits per heavy atom. The van der Waals surface area contributed by atoms with Crippen LogP contribution in [0.3, 0.4) is 0 Å². The van der Waals surface area contributed by atoms with Gasteiger partial charge in [0.1, 0.15) is 11.4 Å². The summed E-state index contributed by atoms with van der Waals surface area (Å²) in [5.74, 6) is -0.501. The molecular weight excluding hydrogens is 352 g/mol. The van der Waals surface area contributed by atoms with Gasteiger partial charge in [-0.15, -0.1) is 0 Å². The van der Waals surface area contributed by atoms with Crippen molar-refractivity contribution in [2.24, 2.45) is 0 Å². The molecule has 2 aromatic rings. The first-order chi connectivity index (χ1) is 10.5. The van der Waals surface area contributed by atoms with Crippen LogP contribution in [0.5, 0.6) is 5.75 Å². The number of rotatable bonds is 5. The van der Waals surface area contributed by atoms with Crippen LogP contribution >= 0.6 is 15.9 Å². The third-order valence-electron chi connectivity index (χ3n) is 2.83. The molecule has 2 rings (SSSR count). The van der Waals surface area contributed by atoms with Gasteiger partial charge in [-0.2, -0.15) is 0 Å². The second-order valence-electron chi connectivity index (χ2n) is 4.56. The molecule has 0 fully saturated rings. The van der Waals surface area contributed by atoms with E-state index >= 15 is 0 Å². The molecule has 6 nitrogen and oxygen atoms in total. The number of methoxy groups -OCH3 is 1. The number of amides is 1. The van der Waals surface area contributed by atoms with Crippen molar-refractivity contribution in [3.8, 4) is 5.75 Å². The molecule has 0 bridgehead atoms. The zero-order valence-corrected chi connectivity index (χ0v) is 13.7. The van der Waals surface area contributed by atoms with Crippen LogP contribution < -0.4 is 10.1 Å². The summed E-state index contributed by atoms with van der Waals surface area (Å²) in [5, 5.41) is 2.65. The molecule has 1 aromatic carbocycles. The predicted molar refractivity (Wildman–Crippen MR) is 85.1 cm³/mol. The van der Waals surface area contributed by atoms with E-state index in [9.17, 15) is 9.59 Å². The van der Waals surface area contributed by atoms with Crippen molar-refractivity contribution in [1.82, 2.24) is 4.98 Å². The quantitative estimate of drug-likeness (QED) is 0.797. The summed E-state index contributed by atoms with van der Waals surface area (Å²) in [5.41, 5.74) is 1.78. The van der Waals surface area contributed by atoms with Gasteiger partial charge in [0.25, 0.3) is 5.91 Å². The van der Waals surface area contributed by atoms with E-state index in [1.807, 2.05) is 13.0 Å². The Labute approximate surface area is 135 Å². The fourth-order valence-corrected chi connectivity index (χ4v) is 2.14.